The molecule has 0 aromatic rings. The molecule has 6 nitrogen and oxygen atoms in total. The van der Waals surface area contributed by atoms with E-state index in [1.807, 2.05) is 0 Å². The van der Waals surface area contributed by atoms with Gasteiger partial charge in [-0.3, -0.25) is 14.4 Å². The third-order valence-corrected chi connectivity index (χ3v) is 17.9. The summed E-state index contributed by atoms with van der Waals surface area (Å²) in [5.41, 5.74) is 0. The number of esters is 3. The van der Waals surface area contributed by atoms with Crippen molar-refractivity contribution in [2.24, 2.45) is 0 Å². The molecule has 0 amide bonds. The summed E-state index contributed by atoms with van der Waals surface area (Å²) in [5, 5.41) is 0. The van der Waals surface area contributed by atoms with Crippen molar-refractivity contribution < 1.29 is 28.6 Å². The molecular formula is C76H148O6. The van der Waals surface area contributed by atoms with Gasteiger partial charge in [0.05, 0.1) is 0 Å². The van der Waals surface area contributed by atoms with E-state index in [-0.39, 0.29) is 31.1 Å². The standard InChI is InChI=1S/C76H148O6/c1-4-7-10-13-16-19-22-25-28-31-34-36-37-38-40-42-45-48-51-54-57-60-63-66-69-75(78)81-72-73(71-80-74(77)68-65-62-59-56-53-50-47-44-41-33-30-27-24-21-18-15-12-9-6-3)82-76(79)70-67-64-61-58-55-52-49-46-43-39-35-32-29-26-23-20-17-14-11-8-5-2/h73H,4-72H2,1-3H3. The monoisotopic (exact) mass is 1160 g/mol. The molecule has 0 heterocycles. The van der Waals surface area contributed by atoms with E-state index in [1.165, 1.54) is 353 Å². The second-order valence-corrected chi connectivity index (χ2v) is 26.3. The molecule has 0 aromatic carbocycles. The molecule has 0 saturated carbocycles. The summed E-state index contributed by atoms with van der Waals surface area (Å²) >= 11 is 0. The van der Waals surface area contributed by atoms with Gasteiger partial charge in [0.1, 0.15) is 13.2 Å². The fraction of sp³-hybridized carbons (Fsp3) is 0.961. The Hall–Kier alpha value is -1.59. The average Bonchev–Trinajstić information content (AvgIpc) is 3.47. The summed E-state index contributed by atoms with van der Waals surface area (Å²) in [4.78, 5) is 38.6. The first-order valence-electron chi connectivity index (χ1n) is 38.0. The Labute approximate surface area is 514 Å². The Morgan fingerprint density at radius 1 is 0.195 bits per heavy atom. The number of carbonyl (C=O) groups is 3. The SMILES string of the molecule is CCCCCCCCCCCCCCCCCCCCCCCCCCC(=O)OCC(COC(=O)CCCCCCCCCCCCCCCCCCCCC)OC(=O)CCCCCCCCCCCCCCCCCCCCCCC. The summed E-state index contributed by atoms with van der Waals surface area (Å²) in [6.07, 6.45) is 85.7. The molecule has 0 aliphatic rings. The number of carbonyl (C=O) groups excluding carboxylic acids is 3. The van der Waals surface area contributed by atoms with Gasteiger partial charge in [0, 0.05) is 19.3 Å². The van der Waals surface area contributed by atoms with Crippen molar-refractivity contribution in [2.45, 2.75) is 457 Å². The van der Waals surface area contributed by atoms with E-state index in [1.54, 1.807) is 0 Å². The summed E-state index contributed by atoms with van der Waals surface area (Å²) in [5.74, 6) is -0.813. The van der Waals surface area contributed by atoms with Crippen LogP contribution in [0.5, 0.6) is 0 Å². The maximum Gasteiger partial charge on any atom is 0.306 e. The molecule has 1 unspecified atom stereocenters. The van der Waals surface area contributed by atoms with E-state index in [9.17, 15) is 14.4 Å². The van der Waals surface area contributed by atoms with Gasteiger partial charge in [0.2, 0.25) is 0 Å². The summed E-state index contributed by atoms with van der Waals surface area (Å²) in [7, 11) is 0. The smallest absolute Gasteiger partial charge is 0.306 e. The number of ether oxygens (including phenoxy) is 3. The lowest BCUT2D eigenvalue weighted by atomic mass is 10.0. The van der Waals surface area contributed by atoms with Crippen molar-refractivity contribution in [2.75, 3.05) is 13.2 Å². The highest BCUT2D eigenvalue weighted by atomic mass is 16.6. The lowest BCUT2D eigenvalue weighted by Crippen LogP contribution is -2.30. The van der Waals surface area contributed by atoms with Crippen molar-refractivity contribution in [3.8, 4) is 0 Å². The Morgan fingerprint density at radius 2 is 0.329 bits per heavy atom. The molecule has 0 aromatic heterocycles. The van der Waals surface area contributed by atoms with Crippen molar-refractivity contribution in [1.82, 2.24) is 0 Å². The van der Waals surface area contributed by atoms with Crippen LogP contribution in [0.15, 0.2) is 0 Å². The third-order valence-electron chi connectivity index (χ3n) is 17.9. The highest BCUT2D eigenvalue weighted by molar-refractivity contribution is 5.71. The van der Waals surface area contributed by atoms with Gasteiger partial charge in [0.15, 0.2) is 6.10 Å². The molecule has 488 valence electrons. The molecule has 0 radical (unpaired) electrons. The van der Waals surface area contributed by atoms with Crippen molar-refractivity contribution >= 4 is 17.9 Å². The number of hydrogen-bond acceptors (Lipinski definition) is 6. The first-order valence-corrected chi connectivity index (χ1v) is 38.0. The molecule has 0 rings (SSSR count). The van der Waals surface area contributed by atoms with Crippen molar-refractivity contribution in [3.05, 3.63) is 0 Å². The molecule has 0 N–H and O–H groups in total. The van der Waals surface area contributed by atoms with E-state index < -0.39 is 6.10 Å². The summed E-state index contributed by atoms with van der Waals surface area (Å²) in [6, 6.07) is 0. The molecule has 0 aliphatic carbocycles. The fourth-order valence-corrected chi connectivity index (χ4v) is 12.2. The molecule has 0 bridgehead atoms. The summed E-state index contributed by atoms with van der Waals surface area (Å²) < 4.78 is 17.1. The van der Waals surface area contributed by atoms with Crippen LogP contribution in [0.25, 0.3) is 0 Å². The molecule has 0 spiro atoms. The van der Waals surface area contributed by atoms with E-state index in [0.29, 0.717) is 19.3 Å². The van der Waals surface area contributed by atoms with Crippen LogP contribution in [0.3, 0.4) is 0 Å². The minimum Gasteiger partial charge on any atom is -0.462 e. The van der Waals surface area contributed by atoms with Crippen LogP contribution < -0.4 is 0 Å². The second kappa shape index (κ2) is 71.9. The van der Waals surface area contributed by atoms with Crippen molar-refractivity contribution in [3.63, 3.8) is 0 Å². The topological polar surface area (TPSA) is 78.9 Å². The predicted octanol–water partition coefficient (Wildman–Crippen LogP) is 26.2. The molecule has 6 heteroatoms. The van der Waals surface area contributed by atoms with E-state index in [2.05, 4.69) is 20.8 Å². The van der Waals surface area contributed by atoms with Crippen molar-refractivity contribution in [1.29, 1.82) is 0 Å². The maximum absolute atomic E-state index is 13.0. The van der Waals surface area contributed by atoms with Gasteiger partial charge in [-0.15, -0.1) is 0 Å². The number of hydrogen-bond donors (Lipinski definition) is 0. The molecule has 82 heavy (non-hydrogen) atoms. The van der Waals surface area contributed by atoms with Gasteiger partial charge in [0.25, 0.3) is 0 Å². The lowest BCUT2D eigenvalue weighted by Gasteiger charge is -2.18. The fourth-order valence-electron chi connectivity index (χ4n) is 12.2. The number of unbranched alkanes of at least 4 members (excludes halogenated alkanes) is 61. The van der Waals surface area contributed by atoms with Gasteiger partial charge < -0.3 is 14.2 Å². The first-order chi connectivity index (χ1) is 40.5. The van der Waals surface area contributed by atoms with Crippen LogP contribution in [-0.4, -0.2) is 37.2 Å². The molecule has 0 aliphatic heterocycles. The predicted molar refractivity (Wildman–Crippen MR) is 358 cm³/mol. The molecule has 1 atom stereocenters. The number of rotatable bonds is 72. The summed E-state index contributed by atoms with van der Waals surface area (Å²) in [6.45, 7) is 6.76. The van der Waals surface area contributed by atoms with Crippen LogP contribution in [0.1, 0.15) is 451 Å². The van der Waals surface area contributed by atoms with Gasteiger partial charge in [-0.1, -0.05) is 412 Å². The normalized spacial score (nSPS) is 11.9. The lowest BCUT2D eigenvalue weighted by molar-refractivity contribution is -0.167. The highest BCUT2D eigenvalue weighted by Crippen LogP contribution is 2.20. The van der Waals surface area contributed by atoms with Gasteiger partial charge >= 0.3 is 17.9 Å². The average molecular weight is 1160 g/mol. The van der Waals surface area contributed by atoms with E-state index in [4.69, 9.17) is 14.2 Å². The van der Waals surface area contributed by atoms with Gasteiger partial charge in [-0.05, 0) is 19.3 Å². The Balaban J connectivity index is 4.25. The Bertz CT molecular complexity index is 1240. The third kappa shape index (κ3) is 69.2. The zero-order valence-electron chi connectivity index (χ0n) is 56.3. The van der Waals surface area contributed by atoms with Crippen LogP contribution in [0, 0.1) is 0 Å². The van der Waals surface area contributed by atoms with Crippen LogP contribution in [0.4, 0.5) is 0 Å². The zero-order chi connectivity index (χ0) is 59.2. The minimum atomic E-state index is -0.764. The highest BCUT2D eigenvalue weighted by Gasteiger charge is 2.20. The first kappa shape index (κ1) is 80.4. The van der Waals surface area contributed by atoms with Gasteiger partial charge in [-0.25, -0.2) is 0 Å². The van der Waals surface area contributed by atoms with Crippen LogP contribution in [-0.2, 0) is 28.6 Å². The zero-order valence-corrected chi connectivity index (χ0v) is 56.3. The quantitative estimate of drug-likeness (QED) is 0.0343. The van der Waals surface area contributed by atoms with Crippen LogP contribution >= 0.6 is 0 Å². The Morgan fingerprint density at radius 3 is 0.488 bits per heavy atom. The Kier molecular flexibility index (Phi) is 70.5. The molecular weight excluding hydrogens is 1010 g/mol. The maximum atomic E-state index is 13.0. The van der Waals surface area contributed by atoms with E-state index >= 15 is 0 Å². The molecule has 0 saturated heterocycles. The second-order valence-electron chi connectivity index (χ2n) is 26.3. The van der Waals surface area contributed by atoms with Gasteiger partial charge in [-0.2, -0.15) is 0 Å². The largest absolute Gasteiger partial charge is 0.462 e. The molecule has 0 fully saturated rings. The minimum absolute atomic E-state index is 0.0597. The van der Waals surface area contributed by atoms with Crippen LogP contribution in [0.2, 0.25) is 0 Å². The van der Waals surface area contributed by atoms with E-state index in [0.717, 1.165) is 57.8 Å².